The van der Waals surface area contributed by atoms with Gasteiger partial charge in [0.05, 0.1) is 11.4 Å². The van der Waals surface area contributed by atoms with Gasteiger partial charge in [-0.1, -0.05) is 18.2 Å². The van der Waals surface area contributed by atoms with Crippen LogP contribution in [-0.2, 0) is 17.6 Å². The first-order chi connectivity index (χ1) is 17.9. The molecule has 0 aliphatic carbocycles. The lowest BCUT2D eigenvalue weighted by Crippen LogP contribution is -2.38. The number of amides is 2. The van der Waals surface area contributed by atoms with Crippen LogP contribution in [0.3, 0.4) is 0 Å². The number of halogens is 1. The predicted molar refractivity (Wildman–Crippen MR) is 144 cm³/mol. The number of benzene rings is 3. The molecule has 0 saturated carbocycles. The molecule has 3 aromatic rings. The van der Waals surface area contributed by atoms with Gasteiger partial charge in [0.15, 0.2) is 0 Å². The monoisotopic (exact) mass is 498 g/mol. The zero-order valence-corrected chi connectivity index (χ0v) is 21.3. The van der Waals surface area contributed by atoms with E-state index in [2.05, 4.69) is 30.0 Å². The Labute approximate surface area is 216 Å². The van der Waals surface area contributed by atoms with Crippen LogP contribution in [0.25, 0.3) is 0 Å². The first-order valence-electron chi connectivity index (χ1n) is 13.0. The standard InChI is InChI=1S/C30H31FN4O2/c1-32(2)24-14-15-33(19-24)28-11-9-22(18-26(28)31)34-16-13-21-17-23(8-10-25(21)30(34)37)35-27-6-4-3-5-20(27)7-12-29(35)36/h3-6,8-11,17-18,24H,7,12-16,19H2,1-2H3/t24-/m1/s1. The van der Waals surface area contributed by atoms with Gasteiger partial charge in [-0.05, 0) is 86.9 Å². The summed E-state index contributed by atoms with van der Waals surface area (Å²) in [5.74, 6) is -0.375. The summed E-state index contributed by atoms with van der Waals surface area (Å²) >= 11 is 0. The number of rotatable bonds is 4. The van der Waals surface area contributed by atoms with E-state index in [9.17, 15) is 9.59 Å². The molecule has 0 N–H and O–H groups in total. The highest BCUT2D eigenvalue weighted by Gasteiger charge is 2.31. The maximum absolute atomic E-state index is 15.2. The van der Waals surface area contributed by atoms with Gasteiger partial charge in [-0.3, -0.25) is 14.5 Å². The van der Waals surface area contributed by atoms with Crippen molar-refractivity contribution in [1.82, 2.24) is 4.90 Å². The van der Waals surface area contributed by atoms with Gasteiger partial charge in [0.25, 0.3) is 5.91 Å². The normalized spacial score (nSPS) is 19.5. The Balaban J connectivity index is 1.24. The zero-order chi connectivity index (χ0) is 25.7. The minimum Gasteiger partial charge on any atom is -0.368 e. The summed E-state index contributed by atoms with van der Waals surface area (Å²) in [6.45, 7) is 2.08. The van der Waals surface area contributed by atoms with Crippen LogP contribution in [0.2, 0.25) is 0 Å². The molecule has 190 valence electrons. The van der Waals surface area contributed by atoms with E-state index in [1.54, 1.807) is 21.9 Å². The fraction of sp³-hybridized carbons (Fsp3) is 0.333. The number of para-hydroxylation sites is 1. The second kappa shape index (κ2) is 9.30. The second-order valence-corrected chi connectivity index (χ2v) is 10.4. The van der Waals surface area contributed by atoms with E-state index in [1.807, 2.05) is 36.4 Å². The maximum atomic E-state index is 15.2. The molecule has 37 heavy (non-hydrogen) atoms. The highest BCUT2D eigenvalue weighted by Crippen LogP contribution is 2.37. The minimum absolute atomic E-state index is 0.0629. The summed E-state index contributed by atoms with van der Waals surface area (Å²) in [5, 5.41) is 0. The van der Waals surface area contributed by atoms with Gasteiger partial charge >= 0.3 is 0 Å². The van der Waals surface area contributed by atoms with Gasteiger partial charge in [-0.2, -0.15) is 0 Å². The third-order valence-electron chi connectivity index (χ3n) is 7.99. The first kappa shape index (κ1) is 23.7. The molecule has 0 unspecified atom stereocenters. The van der Waals surface area contributed by atoms with Gasteiger partial charge in [-0.25, -0.2) is 4.39 Å². The first-order valence-corrected chi connectivity index (χ1v) is 13.0. The quantitative estimate of drug-likeness (QED) is 0.520. The SMILES string of the molecule is CN(C)[C@@H]1CCN(c2ccc(N3CCc4cc(N5C(=O)CCc6ccccc65)ccc4C3=O)cc2F)C1. The molecule has 0 spiro atoms. The largest absolute Gasteiger partial charge is 0.368 e. The van der Waals surface area contributed by atoms with Crippen LogP contribution >= 0.6 is 0 Å². The smallest absolute Gasteiger partial charge is 0.258 e. The van der Waals surface area contributed by atoms with Crippen molar-refractivity contribution in [2.75, 3.05) is 48.4 Å². The van der Waals surface area contributed by atoms with E-state index in [0.717, 1.165) is 48.4 Å². The number of hydrogen-bond acceptors (Lipinski definition) is 4. The van der Waals surface area contributed by atoms with Gasteiger partial charge in [0.2, 0.25) is 5.91 Å². The molecule has 7 heteroatoms. The van der Waals surface area contributed by atoms with Gasteiger partial charge < -0.3 is 14.7 Å². The Morgan fingerprint density at radius 1 is 0.838 bits per heavy atom. The molecule has 3 aliphatic rings. The van der Waals surface area contributed by atoms with Crippen molar-refractivity contribution in [2.24, 2.45) is 0 Å². The minimum atomic E-state index is -0.298. The number of anilines is 4. The molecule has 6 rings (SSSR count). The van der Waals surface area contributed by atoms with Crippen LogP contribution in [0.5, 0.6) is 0 Å². The topological polar surface area (TPSA) is 47.1 Å². The molecular weight excluding hydrogens is 467 g/mol. The van der Waals surface area contributed by atoms with E-state index in [4.69, 9.17) is 0 Å². The number of nitrogens with zero attached hydrogens (tertiary/aromatic N) is 4. The lowest BCUT2D eigenvalue weighted by Gasteiger charge is -2.32. The Morgan fingerprint density at radius 3 is 2.43 bits per heavy atom. The van der Waals surface area contributed by atoms with E-state index >= 15 is 4.39 Å². The average molecular weight is 499 g/mol. The molecule has 1 fully saturated rings. The van der Waals surface area contributed by atoms with Crippen molar-refractivity contribution in [2.45, 2.75) is 31.7 Å². The number of fused-ring (bicyclic) bond motifs is 2. The predicted octanol–water partition coefficient (Wildman–Crippen LogP) is 4.78. The van der Waals surface area contributed by atoms with E-state index < -0.39 is 0 Å². The molecule has 2 amide bonds. The number of carbonyl (C=O) groups is 2. The fourth-order valence-corrected chi connectivity index (χ4v) is 5.87. The van der Waals surface area contributed by atoms with Crippen LogP contribution in [0.1, 0.15) is 34.3 Å². The average Bonchev–Trinajstić information content (AvgIpc) is 3.39. The summed E-state index contributed by atoms with van der Waals surface area (Å²) in [4.78, 5) is 34.0. The third kappa shape index (κ3) is 4.17. The third-order valence-corrected chi connectivity index (χ3v) is 7.99. The van der Waals surface area contributed by atoms with Crippen LogP contribution in [0.15, 0.2) is 60.7 Å². The summed E-state index contributed by atoms with van der Waals surface area (Å²) in [6.07, 6.45) is 2.85. The van der Waals surface area contributed by atoms with Gasteiger partial charge in [0.1, 0.15) is 5.82 Å². The lowest BCUT2D eigenvalue weighted by molar-refractivity contribution is -0.118. The molecule has 3 aromatic carbocycles. The molecule has 0 bridgehead atoms. The Hall–Kier alpha value is -3.71. The molecule has 0 radical (unpaired) electrons. The summed E-state index contributed by atoms with van der Waals surface area (Å²) in [7, 11) is 4.11. The Kier molecular flexibility index (Phi) is 5.95. The van der Waals surface area contributed by atoms with Gasteiger partial charge in [-0.15, -0.1) is 0 Å². The number of likely N-dealkylation sites (N-methyl/N-ethyl adjacent to an activating group) is 1. The summed E-state index contributed by atoms with van der Waals surface area (Å²) < 4.78 is 15.2. The Morgan fingerprint density at radius 2 is 1.65 bits per heavy atom. The molecule has 1 saturated heterocycles. The Bertz CT molecular complexity index is 1390. The molecule has 3 heterocycles. The van der Waals surface area contributed by atoms with Crippen molar-refractivity contribution in [3.8, 4) is 0 Å². The number of aryl methyl sites for hydroxylation is 1. The summed E-state index contributed by atoms with van der Waals surface area (Å²) in [5.41, 5.74) is 5.53. The van der Waals surface area contributed by atoms with Crippen molar-refractivity contribution < 1.29 is 14.0 Å². The van der Waals surface area contributed by atoms with Crippen molar-refractivity contribution in [3.05, 3.63) is 83.2 Å². The van der Waals surface area contributed by atoms with Crippen LogP contribution in [-0.4, -0.2) is 56.5 Å². The highest BCUT2D eigenvalue weighted by molar-refractivity contribution is 6.09. The molecule has 0 aromatic heterocycles. The van der Waals surface area contributed by atoms with Crippen molar-refractivity contribution >= 4 is 34.6 Å². The molecule has 6 nitrogen and oxygen atoms in total. The lowest BCUT2D eigenvalue weighted by atomic mass is 9.95. The van der Waals surface area contributed by atoms with Crippen molar-refractivity contribution in [3.63, 3.8) is 0 Å². The second-order valence-electron chi connectivity index (χ2n) is 10.4. The van der Waals surface area contributed by atoms with Crippen LogP contribution in [0.4, 0.5) is 27.1 Å². The molecular formula is C30H31FN4O2. The fourth-order valence-electron chi connectivity index (χ4n) is 5.87. The number of carbonyl (C=O) groups excluding carboxylic acids is 2. The van der Waals surface area contributed by atoms with Crippen LogP contribution < -0.4 is 14.7 Å². The molecule has 1 atom stereocenters. The highest BCUT2D eigenvalue weighted by atomic mass is 19.1. The van der Waals surface area contributed by atoms with E-state index in [1.165, 1.54) is 6.07 Å². The summed E-state index contributed by atoms with van der Waals surface area (Å²) in [6, 6.07) is 19.1. The van der Waals surface area contributed by atoms with E-state index in [-0.39, 0.29) is 17.6 Å². The number of hydrogen-bond donors (Lipinski definition) is 0. The van der Waals surface area contributed by atoms with Crippen LogP contribution in [0, 0.1) is 5.82 Å². The van der Waals surface area contributed by atoms with Crippen molar-refractivity contribution in [1.29, 1.82) is 0 Å². The zero-order valence-electron chi connectivity index (χ0n) is 21.3. The molecule has 3 aliphatic heterocycles. The van der Waals surface area contributed by atoms with E-state index in [0.29, 0.717) is 42.4 Å². The maximum Gasteiger partial charge on any atom is 0.258 e. The van der Waals surface area contributed by atoms with Gasteiger partial charge in [0, 0.05) is 49.0 Å².